The van der Waals surface area contributed by atoms with Gasteiger partial charge in [-0.1, -0.05) is 12.8 Å². The van der Waals surface area contributed by atoms with Crippen LogP contribution in [0, 0.1) is 5.92 Å². The van der Waals surface area contributed by atoms with Gasteiger partial charge in [0, 0.05) is 6.42 Å². The van der Waals surface area contributed by atoms with Crippen LogP contribution in [0.25, 0.3) is 0 Å². The molecule has 0 aromatic heterocycles. The Morgan fingerprint density at radius 2 is 2.14 bits per heavy atom. The van der Waals surface area contributed by atoms with Crippen LogP contribution in [0.15, 0.2) is 0 Å². The molecule has 1 heterocycles. The van der Waals surface area contributed by atoms with E-state index in [1.54, 1.807) is 0 Å². The fourth-order valence-electron chi connectivity index (χ4n) is 2.73. The lowest BCUT2D eigenvalue weighted by Crippen LogP contribution is -2.46. The second-order valence-corrected chi connectivity index (χ2v) is 4.19. The first-order valence-corrected chi connectivity index (χ1v) is 5.07. The molecule has 1 atom stereocenters. The average molecular weight is 197 g/mol. The summed E-state index contributed by atoms with van der Waals surface area (Å²) in [6, 6.07) is 0. The quantitative estimate of drug-likeness (QED) is 0.626. The molecule has 14 heavy (non-hydrogen) atoms. The Bertz CT molecular complexity index is 269. The number of carbonyl (C=O) groups is 2. The summed E-state index contributed by atoms with van der Waals surface area (Å²) >= 11 is 0. The number of ether oxygens (including phenoxy) is 1. The third-order valence-electron chi connectivity index (χ3n) is 3.43. The van der Waals surface area contributed by atoms with Crippen molar-refractivity contribution in [3.8, 4) is 0 Å². The zero-order chi connectivity index (χ0) is 10.2. The van der Waals surface area contributed by atoms with Crippen LogP contribution in [0.2, 0.25) is 0 Å². The maximum Gasteiger partial charge on any atom is 0.311 e. The average Bonchev–Trinajstić information content (AvgIpc) is 2.74. The largest absolute Gasteiger partial charge is 0.469 e. The SMILES string of the molecule is COC(=O)C1CC(=O)NC12CCCC2. The van der Waals surface area contributed by atoms with E-state index in [2.05, 4.69) is 5.32 Å². The Balaban J connectivity index is 2.21. The molecular weight excluding hydrogens is 182 g/mol. The minimum absolute atomic E-state index is 0.0118. The van der Waals surface area contributed by atoms with Gasteiger partial charge >= 0.3 is 5.97 Å². The van der Waals surface area contributed by atoms with E-state index in [-0.39, 0.29) is 23.3 Å². The molecule has 2 rings (SSSR count). The smallest absolute Gasteiger partial charge is 0.311 e. The second-order valence-electron chi connectivity index (χ2n) is 4.19. The van der Waals surface area contributed by atoms with Crippen molar-refractivity contribution in [2.75, 3.05) is 7.11 Å². The minimum atomic E-state index is -0.274. The van der Waals surface area contributed by atoms with Gasteiger partial charge in [-0.15, -0.1) is 0 Å². The maximum absolute atomic E-state index is 11.5. The van der Waals surface area contributed by atoms with Gasteiger partial charge in [0.15, 0.2) is 0 Å². The highest BCUT2D eigenvalue weighted by Crippen LogP contribution is 2.41. The molecule has 78 valence electrons. The number of rotatable bonds is 1. The van der Waals surface area contributed by atoms with Gasteiger partial charge in [-0.3, -0.25) is 9.59 Å². The Kier molecular flexibility index (Phi) is 2.21. The zero-order valence-corrected chi connectivity index (χ0v) is 8.34. The zero-order valence-electron chi connectivity index (χ0n) is 8.34. The van der Waals surface area contributed by atoms with E-state index in [0.717, 1.165) is 25.7 Å². The summed E-state index contributed by atoms with van der Waals surface area (Å²) in [4.78, 5) is 22.8. The predicted molar refractivity (Wildman–Crippen MR) is 49.5 cm³/mol. The molecule has 1 aliphatic carbocycles. The topological polar surface area (TPSA) is 55.4 Å². The van der Waals surface area contributed by atoms with Crippen LogP contribution < -0.4 is 5.32 Å². The van der Waals surface area contributed by atoms with Crippen LogP contribution in [-0.2, 0) is 14.3 Å². The Morgan fingerprint density at radius 3 is 2.71 bits per heavy atom. The molecule has 0 radical (unpaired) electrons. The van der Waals surface area contributed by atoms with Crippen molar-refractivity contribution in [1.29, 1.82) is 0 Å². The highest BCUT2D eigenvalue weighted by Gasteiger charge is 2.51. The standard InChI is InChI=1S/C10H15NO3/c1-14-9(13)7-6-8(12)11-10(7)4-2-3-5-10/h7H,2-6H2,1H3,(H,11,12). The minimum Gasteiger partial charge on any atom is -0.469 e. The van der Waals surface area contributed by atoms with E-state index >= 15 is 0 Å². The number of hydrogen-bond donors (Lipinski definition) is 1. The van der Waals surface area contributed by atoms with Crippen molar-refractivity contribution in [3.05, 3.63) is 0 Å². The molecule has 1 aliphatic heterocycles. The normalized spacial score (nSPS) is 29.2. The highest BCUT2D eigenvalue weighted by atomic mass is 16.5. The van der Waals surface area contributed by atoms with E-state index < -0.39 is 0 Å². The summed E-state index contributed by atoms with van der Waals surface area (Å²) in [6.45, 7) is 0. The summed E-state index contributed by atoms with van der Waals surface area (Å²) < 4.78 is 4.74. The Hall–Kier alpha value is -1.06. The van der Waals surface area contributed by atoms with Gasteiger partial charge in [0.1, 0.15) is 0 Å². The lowest BCUT2D eigenvalue weighted by molar-refractivity contribution is -0.147. The predicted octanol–water partition coefficient (Wildman–Crippen LogP) is 0.608. The van der Waals surface area contributed by atoms with Gasteiger partial charge in [-0.25, -0.2) is 0 Å². The number of esters is 1. The number of nitrogens with one attached hydrogen (secondary N) is 1. The van der Waals surface area contributed by atoms with E-state index in [4.69, 9.17) is 4.74 Å². The number of amides is 1. The summed E-state index contributed by atoms with van der Waals surface area (Å²) in [5.41, 5.74) is -0.274. The van der Waals surface area contributed by atoms with Crippen molar-refractivity contribution in [3.63, 3.8) is 0 Å². The summed E-state index contributed by atoms with van der Waals surface area (Å²) in [5, 5.41) is 2.95. The monoisotopic (exact) mass is 197 g/mol. The van der Waals surface area contributed by atoms with Crippen LogP contribution >= 0.6 is 0 Å². The van der Waals surface area contributed by atoms with E-state index in [9.17, 15) is 9.59 Å². The van der Waals surface area contributed by atoms with E-state index in [0.29, 0.717) is 6.42 Å². The first kappa shape index (κ1) is 9.49. The van der Waals surface area contributed by atoms with Crippen molar-refractivity contribution in [2.45, 2.75) is 37.6 Å². The van der Waals surface area contributed by atoms with Crippen LogP contribution in [0.3, 0.4) is 0 Å². The molecule has 1 unspecified atom stereocenters. The van der Waals surface area contributed by atoms with Crippen LogP contribution in [-0.4, -0.2) is 24.5 Å². The summed E-state index contributed by atoms with van der Waals surface area (Å²) in [5.74, 6) is -0.518. The van der Waals surface area contributed by atoms with Gasteiger partial charge in [0.2, 0.25) is 5.91 Å². The van der Waals surface area contributed by atoms with Gasteiger partial charge < -0.3 is 10.1 Å². The molecule has 4 nitrogen and oxygen atoms in total. The summed E-state index contributed by atoms with van der Waals surface area (Å²) in [7, 11) is 1.38. The van der Waals surface area contributed by atoms with E-state index in [1.807, 2.05) is 0 Å². The van der Waals surface area contributed by atoms with Crippen molar-refractivity contribution >= 4 is 11.9 Å². The molecule has 1 amide bonds. The fourth-order valence-corrected chi connectivity index (χ4v) is 2.73. The first-order valence-electron chi connectivity index (χ1n) is 5.07. The van der Waals surface area contributed by atoms with Gasteiger partial charge in [-0.2, -0.15) is 0 Å². The van der Waals surface area contributed by atoms with Gasteiger partial charge in [0.25, 0.3) is 0 Å². The summed E-state index contributed by atoms with van der Waals surface area (Å²) in [6.07, 6.45) is 4.31. The molecule has 2 fully saturated rings. The third-order valence-corrected chi connectivity index (χ3v) is 3.43. The molecule has 1 N–H and O–H groups in total. The number of methoxy groups -OCH3 is 1. The van der Waals surface area contributed by atoms with Crippen molar-refractivity contribution in [1.82, 2.24) is 5.32 Å². The van der Waals surface area contributed by atoms with Gasteiger partial charge in [0.05, 0.1) is 18.6 Å². The molecule has 0 aromatic rings. The number of carbonyl (C=O) groups excluding carboxylic acids is 2. The van der Waals surface area contributed by atoms with Crippen molar-refractivity contribution in [2.24, 2.45) is 5.92 Å². The second kappa shape index (κ2) is 3.26. The lowest BCUT2D eigenvalue weighted by Gasteiger charge is -2.28. The maximum atomic E-state index is 11.5. The van der Waals surface area contributed by atoms with Gasteiger partial charge in [-0.05, 0) is 12.8 Å². The fraction of sp³-hybridized carbons (Fsp3) is 0.800. The first-order chi connectivity index (χ1) is 6.68. The molecule has 1 spiro atoms. The Labute approximate surface area is 83.0 Å². The van der Waals surface area contributed by atoms with E-state index in [1.165, 1.54) is 7.11 Å². The molecule has 0 bridgehead atoms. The molecule has 1 saturated heterocycles. The molecule has 0 aromatic carbocycles. The number of hydrogen-bond acceptors (Lipinski definition) is 3. The molecule has 2 aliphatic rings. The van der Waals surface area contributed by atoms with Crippen LogP contribution in [0.4, 0.5) is 0 Å². The molecule has 1 saturated carbocycles. The van der Waals surface area contributed by atoms with Crippen molar-refractivity contribution < 1.29 is 14.3 Å². The Morgan fingerprint density at radius 1 is 1.50 bits per heavy atom. The third kappa shape index (κ3) is 1.29. The molecule has 4 heteroatoms. The lowest BCUT2D eigenvalue weighted by atomic mass is 9.84. The van der Waals surface area contributed by atoms with Crippen LogP contribution in [0.5, 0.6) is 0 Å². The molecular formula is C10H15NO3. The highest BCUT2D eigenvalue weighted by molar-refractivity contribution is 5.88. The van der Waals surface area contributed by atoms with Crippen LogP contribution in [0.1, 0.15) is 32.1 Å².